The SMILES string of the molecule is COC(=O)c1ccc(NC(=O)CCOc2ccc(F)cc2)cc1. The van der Waals surface area contributed by atoms with Crippen molar-refractivity contribution in [1.29, 1.82) is 0 Å². The van der Waals surface area contributed by atoms with Crippen LogP contribution in [0.1, 0.15) is 16.8 Å². The molecule has 0 aliphatic rings. The molecule has 120 valence electrons. The van der Waals surface area contributed by atoms with E-state index in [1.54, 1.807) is 24.3 Å². The molecule has 1 amide bonds. The zero-order chi connectivity index (χ0) is 16.7. The van der Waals surface area contributed by atoms with Gasteiger partial charge in [0.25, 0.3) is 0 Å². The summed E-state index contributed by atoms with van der Waals surface area (Å²) in [7, 11) is 1.30. The minimum Gasteiger partial charge on any atom is -0.493 e. The number of nitrogens with one attached hydrogen (secondary N) is 1. The van der Waals surface area contributed by atoms with Gasteiger partial charge in [-0.2, -0.15) is 0 Å². The van der Waals surface area contributed by atoms with Crippen molar-refractivity contribution < 1.29 is 23.5 Å². The number of anilines is 1. The molecule has 0 saturated heterocycles. The van der Waals surface area contributed by atoms with Crippen LogP contribution >= 0.6 is 0 Å². The predicted molar refractivity (Wildman–Crippen MR) is 82.9 cm³/mol. The Morgan fingerprint density at radius 3 is 2.30 bits per heavy atom. The number of ether oxygens (including phenoxy) is 2. The Morgan fingerprint density at radius 2 is 1.70 bits per heavy atom. The Hall–Kier alpha value is -2.89. The van der Waals surface area contributed by atoms with Crippen LogP contribution in [0.5, 0.6) is 5.75 Å². The summed E-state index contributed by atoms with van der Waals surface area (Å²) in [5, 5.41) is 2.69. The second-order valence-electron chi connectivity index (χ2n) is 4.67. The summed E-state index contributed by atoms with van der Waals surface area (Å²) in [6.45, 7) is 0.178. The lowest BCUT2D eigenvalue weighted by Crippen LogP contribution is -2.15. The minimum atomic E-state index is -0.435. The van der Waals surface area contributed by atoms with E-state index in [2.05, 4.69) is 10.1 Å². The van der Waals surface area contributed by atoms with Crippen LogP contribution in [0.4, 0.5) is 10.1 Å². The zero-order valence-corrected chi connectivity index (χ0v) is 12.5. The number of carbonyl (C=O) groups is 2. The van der Waals surface area contributed by atoms with Crippen molar-refractivity contribution in [3.63, 3.8) is 0 Å². The molecule has 6 heteroatoms. The molecular weight excluding hydrogens is 301 g/mol. The van der Waals surface area contributed by atoms with Crippen LogP contribution in [0.15, 0.2) is 48.5 Å². The molecule has 0 unspecified atom stereocenters. The third-order valence-electron chi connectivity index (χ3n) is 3.00. The third kappa shape index (κ3) is 5.10. The van der Waals surface area contributed by atoms with Crippen LogP contribution < -0.4 is 10.1 Å². The molecule has 2 rings (SSSR count). The van der Waals surface area contributed by atoms with Crippen LogP contribution in [0.2, 0.25) is 0 Å². The molecule has 0 radical (unpaired) electrons. The van der Waals surface area contributed by atoms with E-state index in [0.717, 1.165) is 0 Å². The van der Waals surface area contributed by atoms with Crippen molar-refractivity contribution in [2.24, 2.45) is 0 Å². The van der Waals surface area contributed by atoms with Gasteiger partial charge >= 0.3 is 5.97 Å². The fourth-order valence-corrected chi connectivity index (χ4v) is 1.82. The van der Waals surface area contributed by atoms with Gasteiger partial charge in [0, 0.05) is 5.69 Å². The van der Waals surface area contributed by atoms with E-state index < -0.39 is 5.97 Å². The van der Waals surface area contributed by atoms with Gasteiger partial charge in [-0.1, -0.05) is 0 Å². The molecule has 0 aromatic heterocycles. The van der Waals surface area contributed by atoms with Gasteiger partial charge in [0.15, 0.2) is 0 Å². The van der Waals surface area contributed by atoms with Crippen molar-refractivity contribution in [3.05, 3.63) is 59.9 Å². The van der Waals surface area contributed by atoms with E-state index in [4.69, 9.17) is 4.74 Å². The number of hydrogen-bond donors (Lipinski definition) is 1. The van der Waals surface area contributed by atoms with E-state index in [1.807, 2.05) is 0 Å². The summed E-state index contributed by atoms with van der Waals surface area (Å²) in [6, 6.07) is 11.9. The lowest BCUT2D eigenvalue weighted by atomic mass is 10.2. The first kappa shape index (κ1) is 16.5. The Morgan fingerprint density at radius 1 is 1.04 bits per heavy atom. The molecule has 5 nitrogen and oxygen atoms in total. The summed E-state index contributed by atoms with van der Waals surface area (Å²) in [5.74, 6) is -0.499. The highest BCUT2D eigenvalue weighted by molar-refractivity contribution is 5.93. The van der Waals surface area contributed by atoms with Crippen molar-refractivity contribution >= 4 is 17.6 Å². The molecule has 2 aromatic rings. The van der Waals surface area contributed by atoms with E-state index in [9.17, 15) is 14.0 Å². The van der Waals surface area contributed by atoms with Gasteiger partial charge in [0.2, 0.25) is 5.91 Å². The van der Waals surface area contributed by atoms with Crippen molar-refractivity contribution in [2.45, 2.75) is 6.42 Å². The number of amides is 1. The molecule has 0 aliphatic carbocycles. The van der Waals surface area contributed by atoms with Gasteiger partial charge in [-0.05, 0) is 48.5 Å². The number of esters is 1. The number of carbonyl (C=O) groups excluding carboxylic acids is 2. The second kappa shape index (κ2) is 7.93. The van der Waals surface area contributed by atoms with Crippen LogP contribution in [0.25, 0.3) is 0 Å². The summed E-state index contributed by atoms with van der Waals surface area (Å²) >= 11 is 0. The number of halogens is 1. The van der Waals surface area contributed by atoms with Crippen LogP contribution in [-0.2, 0) is 9.53 Å². The Kier molecular flexibility index (Phi) is 5.68. The summed E-state index contributed by atoms with van der Waals surface area (Å²) < 4.78 is 22.7. The first-order chi connectivity index (χ1) is 11.1. The Balaban J connectivity index is 1.78. The largest absolute Gasteiger partial charge is 0.493 e. The average Bonchev–Trinajstić information content (AvgIpc) is 2.56. The van der Waals surface area contributed by atoms with E-state index in [-0.39, 0.29) is 24.8 Å². The molecule has 0 atom stereocenters. The van der Waals surface area contributed by atoms with E-state index in [0.29, 0.717) is 17.0 Å². The number of rotatable bonds is 6. The lowest BCUT2D eigenvalue weighted by molar-refractivity contribution is -0.116. The van der Waals surface area contributed by atoms with Gasteiger partial charge < -0.3 is 14.8 Å². The van der Waals surface area contributed by atoms with Gasteiger partial charge in [-0.25, -0.2) is 9.18 Å². The smallest absolute Gasteiger partial charge is 0.337 e. The number of benzene rings is 2. The van der Waals surface area contributed by atoms with Crippen molar-refractivity contribution in [2.75, 3.05) is 19.0 Å². The monoisotopic (exact) mass is 317 g/mol. The van der Waals surface area contributed by atoms with E-state index >= 15 is 0 Å². The minimum absolute atomic E-state index is 0.149. The van der Waals surface area contributed by atoms with Crippen molar-refractivity contribution in [1.82, 2.24) is 0 Å². The fraction of sp³-hybridized carbons (Fsp3) is 0.176. The molecular formula is C17H16FNO4. The van der Waals surface area contributed by atoms with Gasteiger partial charge in [0.1, 0.15) is 11.6 Å². The molecule has 23 heavy (non-hydrogen) atoms. The molecule has 0 aliphatic heterocycles. The summed E-state index contributed by atoms with van der Waals surface area (Å²) in [6.07, 6.45) is 0.149. The number of methoxy groups -OCH3 is 1. The maximum absolute atomic E-state index is 12.7. The normalized spacial score (nSPS) is 10.0. The summed E-state index contributed by atoms with van der Waals surface area (Å²) in [4.78, 5) is 23.1. The first-order valence-electron chi connectivity index (χ1n) is 6.95. The third-order valence-corrected chi connectivity index (χ3v) is 3.00. The van der Waals surface area contributed by atoms with E-state index in [1.165, 1.54) is 31.4 Å². The molecule has 1 N–H and O–H groups in total. The molecule has 0 bridgehead atoms. The quantitative estimate of drug-likeness (QED) is 0.832. The highest BCUT2D eigenvalue weighted by atomic mass is 19.1. The first-order valence-corrected chi connectivity index (χ1v) is 6.95. The molecule has 0 saturated carbocycles. The maximum atomic E-state index is 12.7. The topological polar surface area (TPSA) is 64.6 Å². The van der Waals surface area contributed by atoms with Crippen LogP contribution in [0.3, 0.4) is 0 Å². The van der Waals surface area contributed by atoms with Gasteiger partial charge in [0.05, 0.1) is 25.7 Å². The predicted octanol–water partition coefficient (Wildman–Crippen LogP) is 3.02. The average molecular weight is 317 g/mol. The lowest BCUT2D eigenvalue weighted by Gasteiger charge is -2.08. The summed E-state index contributed by atoms with van der Waals surface area (Å²) in [5.41, 5.74) is 0.981. The highest BCUT2D eigenvalue weighted by Crippen LogP contribution is 2.13. The molecule has 0 fully saturated rings. The van der Waals surface area contributed by atoms with Crippen molar-refractivity contribution in [3.8, 4) is 5.75 Å². The fourth-order valence-electron chi connectivity index (χ4n) is 1.82. The van der Waals surface area contributed by atoms with Gasteiger partial charge in [-0.3, -0.25) is 4.79 Å². The highest BCUT2D eigenvalue weighted by Gasteiger charge is 2.06. The van der Waals surface area contributed by atoms with Crippen LogP contribution in [-0.4, -0.2) is 25.6 Å². The molecule has 2 aromatic carbocycles. The molecule has 0 spiro atoms. The zero-order valence-electron chi connectivity index (χ0n) is 12.5. The maximum Gasteiger partial charge on any atom is 0.337 e. The van der Waals surface area contributed by atoms with Crippen LogP contribution in [0, 0.1) is 5.82 Å². The Bertz CT molecular complexity index is 668. The number of hydrogen-bond acceptors (Lipinski definition) is 4. The Labute approximate surface area is 133 Å². The standard InChI is InChI=1S/C17H16FNO4/c1-22-17(21)12-2-6-14(7-3-12)19-16(20)10-11-23-15-8-4-13(18)5-9-15/h2-9H,10-11H2,1H3,(H,19,20). The van der Waals surface area contributed by atoms with Gasteiger partial charge in [-0.15, -0.1) is 0 Å². The second-order valence-corrected chi connectivity index (χ2v) is 4.67. The molecule has 0 heterocycles.